The predicted molar refractivity (Wildman–Crippen MR) is 140 cm³/mol. The van der Waals surface area contributed by atoms with Crippen LogP contribution >= 0.6 is 7.14 Å². The molecule has 6 rings (SSSR count). The maximum absolute atomic E-state index is 13.5. The summed E-state index contributed by atoms with van der Waals surface area (Å²) >= 11 is 0. The average Bonchev–Trinajstić information content (AvgIpc) is 3.39. The Balaban J connectivity index is 1.49. The monoisotopic (exact) mass is 535 g/mol. The Labute approximate surface area is 222 Å². The molecule has 2 aliphatic rings. The molecule has 7 nitrogen and oxygen atoms in total. The summed E-state index contributed by atoms with van der Waals surface area (Å²) in [5.74, 6) is 5.49. The number of nitrogens with zero attached hydrogens (tertiary/aromatic N) is 4. The lowest BCUT2D eigenvalue weighted by atomic mass is 9.97. The third-order valence-electron chi connectivity index (χ3n) is 6.80. The number of amides is 1. The van der Waals surface area contributed by atoms with Crippen LogP contribution in [0.1, 0.15) is 55.5 Å². The van der Waals surface area contributed by atoms with E-state index in [-0.39, 0.29) is 23.3 Å². The number of carbonyl (C=O) groups is 1. The van der Waals surface area contributed by atoms with Crippen molar-refractivity contribution >= 4 is 29.5 Å². The summed E-state index contributed by atoms with van der Waals surface area (Å²) in [6.45, 7) is -2.65. The first-order valence-electron chi connectivity index (χ1n) is 13.3. The molecule has 0 saturated heterocycles. The summed E-state index contributed by atoms with van der Waals surface area (Å²) in [4.78, 5) is 23.3. The normalized spacial score (nSPS) is 19.7. The van der Waals surface area contributed by atoms with E-state index in [9.17, 15) is 18.1 Å². The maximum atomic E-state index is 13.5. The van der Waals surface area contributed by atoms with Gasteiger partial charge in [0.15, 0.2) is 0 Å². The highest BCUT2D eigenvalue weighted by molar-refractivity contribution is 7.69. The Hall–Kier alpha value is -4.02. The van der Waals surface area contributed by atoms with E-state index in [0.29, 0.717) is 33.4 Å². The van der Waals surface area contributed by atoms with Crippen molar-refractivity contribution in [3.05, 3.63) is 82.8 Å². The molecular formula is C28H23F2N4O3P. The lowest BCUT2D eigenvalue weighted by molar-refractivity contribution is -0.0507. The van der Waals surface area contributed by atoms with Gasteiger partial charge in [-0.25, -0.2) is 4.98 Å². The second-order valence-corrected chi connectivity index (χ2v) is 12.7. The van der Waals surface area contributed by atoms with Crippen molar-refractivity contribution in [3.63, 3.8) is 0 Å². The SMILES string of the molecule is [2H]C([2H])([2H])N1C(=O)c2cccc(OC(F)F)c2[C@H]2C[C@@H]1c1nc3ccc(C#Cc4ccc(P(C)(C)=O)nc4)cc3n12. The van der Waals surface area contributed by atoms with Crippen molar-refractivity contribution in [3.8, 4) is 17.6 Å². The molecule has 4 aromatic rings. The number of alkyl halides is 2. The third-order valence-corrected chi connectivity index (χ3v) is 8.17. The standard InChI is InChI=1S/C28H23F2N4O3P/c1-33-22-14-21(25-18(27(33)35)5-4-6-23(25)37-28(29)30)34-20-13-16(9-11-19(20)32-26(22)34)7-8-17-10-12-24(31-15-17)38(2,3)36/h4-6,9-13,15,21-22,28H,14H2,1-3H3/t21-,22-/m1/s1/i1D3. The van der Waals surface area contributed by atoms with Crippen molar-refractivity contribution in [2.45, 2.75) is 25.1 Å². The highest BCUT2D eigenvalue weighted by atomic mass is 31.2. The molecule has 2 aromatic carbocycles. The zero-order valence-corrected chi connectivity index (χ0v) is 21.2. The van der Waals surface area contributed by atoms with Crippen molar-refractivity contribution in [1.29, 1.82) is 0 Å². The van der Waals surface area contributed by atoms with Gasteiger partial charge in [0.25, 0.3) is 5.91 Å². The van der Waals surface area contributed by atoms with Gasteiger partial charge in [-0.15, -0.1) is 0 Å². The second kappa shape index (κ2) is 8.78. The number of hydrogen-bond acceptors (Lipinski definition) is 5. The van der Waals surface area contributed by atoms with E-state index in [2.05, 4.69) is 21.8 Å². The van der Waals surface area contributed by atoms with Gasteiger partial charge in [-0.2, -0.15) is 8.78 Å². The van der Waals surface area contributed by atoms with Gasteiger partial charge in [-0.3, -0.25) is 9.78 Å². The number of aromatic nitrogens is 3. The fourth-order valence-corrected chi connectivity index (χ4v) is 5.88. The van der Waals surface area contributed by atoms with Crippen LogP contribution in [0.5, 0.6) is 5.75 Å². The van der Waals surface area contributed by atoms with Crippen molar-refractivity contribution in [2.24, 2.45) is 0 Å². The summed E-state index contributed by atoms with van der Waals surface area (Å²) in [5, 5.41) is 0. The first kappa shape index (κ1) is 21.0. The van der Waals surface area contributed by atoms with Crippen LogP contribution in [0.3, 0.4) is 0 Å². The van der Waals surface area contributed by atoms with Gasteiger partial charge in [0.05, 0.1) is 28.6 Å². The Morgan fingerprint density at radius 3 is 2.63 bits per heavy atom. The summed E-state index contributed by atoms with van der Waals surface area (Å²) in [6, 6.07) is 11.3. The van der Waals surface area contributed by atoms with Crippen molar-refractivity contribution < 1.29 is 27.0 Å². The minimum Gasteiger partial charge on any atom is -0.434 e. The van der Waals surface area contributed by atoms with Crippen LogP contribution in [0.2, 0.25) is 0 Å². The molecule has 38 heavy (non-hydrogen) atoms. The fourth-order valence-electron chi connectivity index (χ4n) is 5.11. The van der Waals surface area contributed by atoms with Gasteiger partial charge in [-0.05, 0) is 55.8 Å². The zero-order chi connectivity index (χ0) is 29.3. The first-order chi connectivity index (χ1) is 19.3. The summed E-state index contributed by atoms with van der Waals surface area (Å²) in [5.41, 5.74) is 3.12. The molecule has 0 spiro atoms. The Kier molecular flexibility index (Phi) is 4.85. The van der Waals surface area contributed by atoms with E-state index >= 15 is 0 Å². The zero-order valence-electron chi connectivity index (χ0n) is 23.4. The molecule has 0 aliphatic carbocycles. The molecule has 0 radical (unpaired) electrons. The molecule has 2 aromatic heterocycles. The van der Waals surface area contributed by atoms with Gasteiger partial charge in [0.1, 0.15) is 18.7 Å². The lowest BCUT2D eigenvalue weighted by Gasteiger charge is -2.24. The van der Waals surface area contributed by atoms with Crippen LogP contribution in [-0.4, -0.2) is 52.3 Å². The molecule has 2 aliphatic heterocycles. The molecule has 0 N–H and O–H groups in total. The van der Waals surface area contributed by atoms with Gasteiger partial charge in [0, 0.05) is 46.0 Å². The summed E-state index contributed by atoms with van der Waals surface area (Å²) < 4.78 is 70.0. The summed E-state index contributed by atoms with van der Waals surface area (Å²) in [7, 11) is -2.49. The minimum absolute atomic E-state index is 0.00475. The molecule has 2 bridgehead atoms. The Morgan fingerprint density at radius 2 is 1.92 bits per heavy atom. The van der Waals surface area contributed by atoms with Crippen LogP contribution in [0.4, 0.5) is 8.78 Å². The van der Waals surface area contributed by atoms with Crippen LogP contribution in [0.25, 0.3) is 11.0 Å². The molecule has 10 heteroatoms. The molecule has 0 unspecified atom stereocenters. The highest BCUT2D eigenvalue weighted by Crippen LogP contribution is 2.50. The molecule has 192 valence electrons. The number of benzene rings is 2. The van der Waals surface area contributed by atoms with E-state index in [1.54, 1.807) is 54.4 Å². The number of pyridine rings is 1. The van der Waals surface area contributed by atoms with E-state index in [0.717, 1.165) is 4.90 Å². The number of imidazole rings is 1. The largest absolute Gasteiger partial charge is 0.434 e. The molecule has 1 amide bonds. The van der Waals surface area contributed by atoms with E-state index in [1.165, 1.54) is 18.2 Å². The van der Waals surface area contributed by atoms with Crippen molar-refractivity contribution in [2.75, 3.05) is 20.3 Å². The number of ether oxygens (including phenoxy) is 1. The van der Waals surface area contributed by atoms with Gasteiger partial charge < -0.3 is 18.8 Å². The minimum atomic E-state index is -3.14. The number of carbonyl (C=O) groups excluding carboxylic acids is 1. The van der Waals surface area contributed by atoms with E-state index < -0.39 is 38.7 Å². The number of fused-ring (bicyclic) bond motifs is 9. The molecule has 4 heterocycles. The fraction of sp³-hybridized carbons (Fsp3) is 0.250. The lowest BCUT2D eigenvalue weighted by Crippen LogP contribution is -2.30. The third kappa shape index (κ3) is 3.97. The average molecular weight is 536 g/mol. The van der Waals surface area contributed by atoms with Gasteiger partial charge in [-0.1, -0.05) is 17.9 Å². The van der Waals surface area contributed by atoms with Crippen LogP contribution < -0.4 is 10.2 Å². The number of rotatable bonds is 3. The smallest absolute Gasteiger partial charge is 0.387 e. The Morgan fingerprint density at radius 1 is 1.13 bits per heavy atom. The second-order valence-electron chi connectivity index (χ2n) is 9.59. The first-order valence-corrected chi connectivity index (χ1v) is 14.4. The molecule has 2 atom stereocenters. The Bertz CT molecular complexity index is 1820. The topological polar surface area (TPSA) is 77.3 Å². The van der Waals surface area contributed by atoms with E-state index in [1.807, 2.05) is 0 Å². The molecular weight excluding hydrogens is 509 g/mol. The quantitative estimate of drug-likeness (QED) is 0.278. The van der Waals surface area contributed by atoms with Gasteiger partial charge >= 0.3 is 6.61 Å². The predicted octanol–water partition coefficient (Wildman–Crippen LogP) is 4.80. The van der Waals surface area contributed by atoms with Crippen LogP contribution in [0.15, 0.2) is 54.7 Å². The van der Waals surface area contributed by atoms with Gasteiger partial charge in [0.2, 0.25) is 0 Å². The van der Waals surface area contributed by atoms with Crippen LogP contribution in [-0.2, 0) is 4.57 Å². The number of halogens is 2. The van der Waals surface area contributed by atoms with Crippen LogP contribution in [0, 0.1) is 11.8 Å². The maximum Gasteiger partial charge on any atom is 0.387 e. The van der Waals surface area contributed by atoms with Crippen molar-refractivity contribution in [1.82, 2.24) is 19.4 Å². The molecule has 0 saturated carbocycles. The molecule has 0 fully saturated rings. The highest BCUT2D eigenvalue weighted by Gasteiger charge is 2.45. The van der Waals surface area contributed by atoms with E-state index in [4.69, 9.17) is 8.85 Å². The summed E-state index contributed by atoms with van der Waals surface area (Å²) in [6.07, 6.45) is 1.69. The number of hydrogen-bond donors (Lipinski definition) is 0.